The minimum atomic E-state index is 0.298. The van der Waals surface area contributed by atoms with Gasteiger partial charge in [0.05, 0.1) is 11.7 Å². The molecule has 0 amide bonds. The van der Waals surface area contributed by atoms with Crippen molar-refractivity contribution in [2.45, 2.75) is 88.4 Å². The molecule has 17 heavy (non-hydrogen) atoms. The quantitative estimate of drug-likeness (QED) is 0.813. The standard InChI is InChI=1S/C15H27NO/c16-14(12-4-5-12)7-6-13-8-11-15(17-13)9-2-1-3-10-15/h12-14H,1-11,16H2. The molecule has 2 nitrogen and oxygen atoms in total. The van der Waals surface area contributed by atoms with E-state index >= 15 is 0 Å². The van der Waals surface area contributed by atoms with E-state index in [1.54, 1.807) is 0 Å². The normalized spacial score (nSPS) is 34.1. The van der Waals surface area contributed by atoms with Crippen LogP contribution >= 0.6 is 0 Å². The molecule has 0 aromatic heterocycles. The van der Waals surface area contributed by atoms with Crippen molar-refractivity contribution in [3.63, 3.8) is 0 Å². The van der Waals surface area contributed by atoms with Crippen LogP contribution in [-0.2, 0) is 4.74 Å². The highest BCUT2D eigenvalue weighted by Crippen LogP contribution is 2.43. The van der Waals surface area contributed by atoms with Gasteiger partial charge in [0.2, 0.25) is 0 Å². The Morgan fingerprint density at radius 1 is 1.06 bits per heavy atom. The molecule has 0 aromatic carbocycles. The highest BCUT2D eigenvalue weighted by molar-refractivity contribution is 4.92. The molecule has 2 saturated carbocycles. The maximum absolute atomic E-state index is 6.38. The van der Waals surface area contributed by atoms with Gasteiger partial charge >= 0.3 is 0 Å². The van der Waals surface area contributed by atoms with Gasteiger partial charge < -0.3 is 10.5 Å². The number of hydrogen-bond donors (Lipinski definition) is 1. The summed E-state index contributed by atoms with van der Waals surface area (Å²) in [6.45, 7) is 0. The summed E-state index contributed by atoms with van der Waals surface area (Å²) < 4.78 is 6.38. The zero-order valence-corrected chi connectivity index (χ0v) is 11.0. The molecule has 1 spiro atoms. The molecule has 2 N–H and O–H groups in total. The van der Waals surface area contributed by atoms with Crippen LogP contribution in [0.3, 0.4) is 0 Å². The third-order valence-corrected chi connectivity index (χ3v) is 5.15. The van der Waals surface area contributed by atoms with Gasteiger partial charge in [-0.15, -0.1) is 0 Å². The van der Waals surface area contributed by atoms with Gasteiger partial charge in [-0.05, 0) is 57.3 Å². The predicted octanol–water partition coefficient (Wildman–Crippen LogP) is 3.39. The van der Waals surface area contributed by atoms with Crippen LogP contribution in [0, 0.1) is 5.92 Å². The molecule has 2 aliphatic carbocycles. The molecule has 0 aromatic rings. The van der Waals surface area contributed by atoms with Crippen molar-refractivity contribution < 1.29 is 4.74 Å². The smallest absolute Gasteiger partial charge is 0.0687 e. The van der Waals surface area contributed by atoms with E-state index in [0.717, 1.165) is 5.92 Å². The van der Waals surface area contributed by atoms with Crippen molar-refractivity contribution in [2.75, 3.05) is 0 Å². The Hall–Kier alpha value is -0.0800. The lowest BCUT2D eigenvalue weighted by Gasteiger charge is -2.33. The predicted molar refractivity (Wildman–Crippen MR) is 69.9 cm³/mol. The monoisotopic (exact) mass is 237 g/mol. The van der Waals surface area contributed by atoms with Crippen LogP contribution in [0.5, 0.6) is 0 Å². The molecule has 98 valence electrons. The number of nitrogens with two attached hydrogens (primary N) is 1. The van der Waals surface area contributed by atoms with E-state index < -0.39 is 0 Å². The number of ether oxygens (including phenoxy) is 1. The molecule has 1 saturated heterocycles. The van der Waals surface area contributed by atoms with Crippen molar-refractivity contribution in [3.05, 3.63) is 0 Å². The maximum atomic E-state index is 6.38. The Labute approximate surface area is 105 Å². The second-order valence-corrected chi connectivity index (χ2v) is 6.60. The minimum Gasteiger partial charge on any atom is -0.372 e. The summed E-state index contributed by atoms with van der Waals surface area (Å²) in [6, 6.07) is 0.460. The third-order valence-electron chi connectivity index (χ3n) is 5.15. The summed E-state index contributed by atoms with van der Waals surface area (Å²) in [5.41, 5.74) is 6.47. The lowest BCUT2D eigenvalue weighted by atomic mass is 9.83. The van der Waals surface area contributed by atoms with Gasteiger partial charge in [-0.1, -0.05) is 19.3 Å². The fourth-order valence-corrected chi connectivity index (χ4v) is 3.80. The first-order valence-corrected chi connectivity index (χ1v) is 7.71. The van der Waals surface area contributed by atoms with Gasteiger partial charge in [-0.2, -0.15) is 0 Å². The van der Waals surface area contributed by atoms with E-state index in [9.17, 15) is 0 Å². The highest BCUT2D eigenvalue weighted by atomic mass is 16.5. The first-order chi connectivity index (χ1) is 8.27. The van der Waals surface area contributed by atoms with E-state index in [0.29, 0.717) is 17.7 Å². The van der Waals surface area contributed by atoms with Gasteiger partial charge in [0.15, 0.2) is 0 Å². The summed E-state index contributed by atoms with van der Waals surface area (Å²) in [5.74, 6) is 0.847. The molecule has 2 atom stereocenters. The molecule has 2 unspecified atom stereocenters. The summed E-state index contributed by atoms with van der Waals surface area (Å²) >= 11 is 0. The fourth-order valence-electron chi connectivity index (χ4n) is 3.80. The van der Waals surface area contributed by atoms with E-state index in [2.05, 4.69) is 0 Å². The Morgan fingerprint density at radius 3 is 2.53 bits per heavy atom. The molecule has 0 bridgehead atoms. The van der Waals surface area contributed by atoms with E-state index in [-0.39, 0.29) is 0 Å². The molecular formula is C15H27NO. The molecule has 2 heteroatoms. The third kappa shape index (κ3) is 2.85. The van der Waals surface area contributed by atoms with Gasteiger partial charge in [-0.3, -0.25) is 0 Å². The summed E-state index contributed by atoms with van der Waals surface area (Å²) in [6.07, 6.45) is 15.1. The van der Waals surface area contributed by atoms with Crippen LogP contribution < -0.4 is 5.73 Å². The van der Waals surface area contributed by atoms with E-state index in [1.165, 1.54) is 70.6 Å². The van der Waals surface area contributed by atoms with Crippen LogP contribution in [0.4, 0.5) is 0 Å². The number of rotatable bonds is 4. The van der Waals surface area contributed by atoms with Crippen LogP contribution in [0.2, 0.25) is 0 Å². The Bertz CT molecular complexity index is 256. The van der Waals surface area contributed by atoms with Crippen LogP contribution in [0.15, 0.2) is 0 Å². The van der Waals surface area contributed by atoms with Crippen molar-refractivity contribution in [2.24, 2.45) is 11.7 Å². The second kappa shape index (κ2) is 4.89. The average molecular weight is 237 g/mol. The molecule has 3 aliphatic rings. The topological polar surface area (TPSA) is 35.2 Å². The zero-order valence-electron chi connectivity index (χ0n) is 11.0. The highest BCUT2D eigenvalue weighted by Gasteiger charge is 2.40. The Morgan fingerprint density at radius 2 is 1.82 bits per heavy atom. The summed E-state index contributed by atoms with van der Waals surface area (Å²) in [4.78, 5) is 0. The van der Waals surface area contributed by atoms with Gasteiger partial charge in [0, 0.05) is 6.04 Å². The van der Waals surface area contributed by atoms with E-state index in [4.69, 9.17) is 10.5 Å². The average Bonchev–Trinajstić information content (AvgIpc) is 3.13. The molecule has 1 heterocycles. The minimum absolute atomic E-state index is 0.298. The summed E-state index contributed by atoms with van der Waals surface area (Å²) in [5, 5.41) is 0. The fraction of sp³-hybridized carbons (Fsp3) is 1.00. The molecule has 1 aliphatic heterocycles. The molecule has 0 radical (unpaired) electrons. The maximum Gasteiger partial charge on any atom is 0.0687 e. The van der Waals surface area contributed by atoms with Crippen molar-refractivity contribution >= 4 is 0 Å². The Balaban J connectivity index is 1.43. The first-order valence-electron chi connectivity index (χ1n) is 7.71. The van der Waals surface area contributed by atoms with Gasteiger partial charge in [0.1, 0.15) is 0 Å². The second-order valence-electron chi connectivity index (χ2n) is 6.60. The lowest BCUT2D eigenvalue weighted by molar-refractivity contribution is -0.0664. The zero-order chi connectivity index (χ0) is 11.7. The Kier molecular flexibility index (Phi) is 3.45. The van der Waals surface area contributed by atoms with Crippen molar-refractivity contribution in [3.8, 4) is 0 Å². The van der Waals surface area contributed by atoms with Crippen LogP contribution in [0.25, 0.3) is 0 Å². The molecular weight excluding hydrogens is 210 g/mol. The van der Waals surface area contributed by atoms with Crippen LogP contribution in [-0.4, -0.2) is 17.7 Å². The lowest BCUT2D eigenvalue weighted by Crippen LogP contribution is -2.32. The van der Waals surface area contributed by atoms with Gasteiger partial charge in [-0.25, -0.2) is 0 Å². The SMILES string of the molecule is NC(CCC1CCC2(CCCCC2)O1)C1CC1. The van der Waals surface area contributed by atoms with Crippen molar-refractivity contribution in [1.82, 2.24) is 0 Å². The number of hydrogen-bond acceptors (Lipinski definition) is 2. The summed E-state index contributed by atoms with van der Waals surface area (Å²) in [7, 11) is 0. The van der Waals surface area contributed by atoms with Crippen molar-refractivity contribution in [1.29, 1.82) is 0 Å². The van der Waals surface area contributed by atoms with E-state index in [1.807, 2.05) is 0 Å². The first kappa shape index (κ1) is 12.0. The van der Waals surface area contributed by atoms with Crippen LogP contribution in [0.1, 0.15) is 70.6 Å². The molecule has 3 fully saturated rings. The largest absolute Gasteiger partial charge is 0.372 e. The van der Waals surface area contributed by atoms with Gasteiger partial charge in [0.25, 0.3) is 0 Å². The molecule has 3 rings (SSSR count).